The number of aliphatic hydroxyl groups is 1. The van der Waals surface area contributed by atoms with E-state index in [2.05, 4.69) is 5.32 Å². The van der Waals surface area contributed by atoms with Gasteiger partial charge in [-0.1, -0.05) is 0 Å². The van der Waals surface area contributed by atoms with Gasteiger partial charge in [-0.15, -0.1) is 0 Å². The Kier molecular flexibility index (Phi) is 3.26. The number of hydrogen-bond donors (Lipinski definition) is 3. The van der Waals surface area contributed by atoms with E-state index in [1.54, 1.807) is 13.8 Å². The molecule has 7 heteroatoms. The summed E-state index contributed by atoms with van der Waals surface area (Å²) in [6.07, 6.45) is 0. The second-order valence-electron chi connectivity index (χ2n) is 4.87. The van der Waals surface area contributed by atoms with E-state index < -0.39 is 28.9 Å². The van der Waals surface area contributed by atoms with Crippen LogP contribution in [0.2, 0.25) is 0 Å². The number of nitrogens with one attached hydrogen (secondary N) is 1. The number of carbonyl (C=O) groups excluding carboxylic acids is 2. The smallest absolute Gasteiger partial charge is 0.336 e. The van der Waals surface area contributed by atoms with Crippen molar-refractivity contribution >= 4 is 17.8 Å². The summed E-state index contributed by atoms with van der Waals surface area (Å²) < 4.78 is 0. The van der Waals surface area contributed by atoms with Crippen molar-refractivity contribution in [2.45, 2.75) is 31.9 Å². The first kappa shape index (κ1) is 13.6. The topological polar surface area (TPSA) is 107 Å². The number of carbonyl (C=O) groups is 3. The number of aliphatic carboxylic acids is 1. The fraction of sp³-hybridized carbons (Fsp3) is 0.700. The third-order valence-electron chi connectivity index (χ3n) is 2.89. The zero-order valence-corrected chi connectivity index (χ0v) is 9.98. The van der Waals surface area contributed by atoms with Crippen molar-refractivity contribution in [2.75, 3.05) is 13.1 Å². The molecular formula is C10H16N2O5. The van der Waals surface area contributed by atoms with E-state index in [1.165, 1.54) is 4.90 Å². The van der Waals surface area contributed by atoms with Gasteiger partial charge in [0.15, 0.2) is 5.60 Å². The van der Waals surface area contributed by atoms with Crippen LogP contribution in [0.25, 0.3) is 0 Å². The lowest BCUT2D eigenvalue weighted by molar-refractivity contribution is -0.164. The molecule has 0 aromatic heterocycles. The molecule has 0 spiro atoms. The van der Waals surface area contributed by atoms with Gasteiger partial charge in [0.05, 0.1) is 12.1 Å². The van der Waals surface area contributed by atoms with E-state index in [9.17, 15) is 19.5 Å². The molecule has 1 saturated heterocycles. The van der Waals surface area contributed by atoms with Crippen LogP contribution in [0.3, 0.4) is 0 Å². The predicted molar refractivity (Wildman–Crippen MR) is 57.1 cm³/mol. The van der Waals surface area contributed by atoms with E-state index in [1.807, 2.05) is 0 Å². The number of carboxylic acid groups (broad SMARTS) is 1. The minimum atomic E-state index is -2.00. The molecule has 0 aliphatic carbocycles. The van der Waals surface area contributed by atoms with E-state index >= 15 is 0 Å². The average Bonchev–Trinajstić information content (AvgIpc) is 2.13. The van der Waals surface area contributed by atoms with Crippen molar-refractivity contribution in [1.29, 1.82) is 0 Å². The quantitative estimate of drug-likeness (QED) is 0.525. The number of rotatable bonds is 3. The highest BCUT2D eigenvalue weighted by Gasteiger charge is 2.45. The Bertz CT molecular complexity index is 375. The van der Waals surface area contributed by atoms with Crippen molar-refractivity contribution in [2.24, 2.45) is 0 Å². The van der Waals surface area contributed by atoms with Gasteiger partial charge < -0.3 is 10.2 Å². The van der Waals surface area contributed by atoms with Crippen LogP contribution < -0.4 is 5.32 Å². The molecule has 0 bridgehead atoms. The normalized spacial score (nSPS) is 24.0. The first-order chi connectivity index (χ1) is 7.57. The van der Waals surface area contributed by atoms with Crippen LogP contribution in [0.15, 0.2) is 0 Å². The fourth-order valence-electron chi connectivity index (χ4n) is 1.53. The molecule has 1 unspecified atom stereocenters. The third-order valence-corrected chi connectivity index (χ3v) is 2.89. The van der Waals surface area contributed by atoms with Gasteiger partial charge in [0, 0.05) is 6.54 Å². The highest BCUT2D eigenvalue weighted by atomic mass is 16.4. The Hall–Kier alpha value is -1.47. The zero-order chi connectivity index (χ0) is 13.4. The second kappa shape index (κ2) is 4.08. The maximum absolute atomic E-state index is 11.6. The van der Waals surface area contributed by atoms with Crippen molar-refractivity contribution in [3.05, 3.63) is 0 Å². The van der Waals surface area contributed by atoms with Gasteiger partial charge in [0.1, 0.15) is 0 Å². The van der Waals surface area contributed by atoms with Crippen LogP contribution in [-0.2, 0) is 14.4 Å². The van der Waals surface area contributed by atoms with Crippen LogP contribution in [0.4, 0.5) is 0 Å². The third kappa shape index (κ3) is 2.62. The van der Waals surface area contributed by atoms with Gasteiger partial charge in [-0.05, 0) is 20.8 Å². The molecule has 1 aliphatic heterocycles. The minimum Gasteiger partial charge on any atom is -0.479 e. The van der Waals surface area contributed by atoms with Crippen LogP contribution in [-0.4, -0.2) is 57.1 Å². The highest BCUT2D eigenvalue weighted by Crippen LogP contribution is 2.21. The van der Waals surface area contributed by atoms with E-state index in [-0.39, 0.29) is 13.1 Å². The predicted octanol–water partition coefficient (Wildman–Crippen LogP) is -1.44. The molecule has 1 fully saturated rings. The molecule has 7 nitrogen and oxygen atoms in total. The Labute approximate surface area is 98.4 Å². The van der Waals surface area contributed by atoms with E-state index in [0.717, 1.165) is 6.92 Å². The largest absolute Gasteiger partial charge is 0.479 e. The van der Waals surface area contributed by atoms with Crippen LogP contribution in [0.5, 0.6) is 0 Å². The molecule has 1 aliphatic rings. The minimum absolute atomic E-state index is 0.123. The molecule has 0 aromatic carbocycles. The summed E-state index contributed by atoms with van der Waals surface area (Å²) in [5.41, 5.74) is -3.04. The Balaban J connectivity index is 2.92. The summed E-state index contributed by atoms with van der Waals surface area (Å²) in [6.45, 7) is 3.83. The standard InChI is InChI=1S/C10H16N2O5/c1-9(2)7(14)11-6(13)4-12(9)5-10(3,17)8(15)16/h17H,4-5H2,1-3H3,(H,15,16)(H,11,13,14). The van der Waals surface area contributed by atoms with Crippen LogP contribution in [0, 0.1) is 0 Å². The van der Waals surface area contributed by atoms with Gasteiger partial charge in [-0.25, -0.2) is 4.79 Å². The van der Waals surface area contributed by atoms with Gasteiger partial charge in [-0.3, -0.25) is 19.8 Å². The number of imide groups is 1. The molecule has 17 heavy (non-hydrogen) atoms. The van der Waals surface area contributed by atoms with Crippen molar-refractivity contribution in [1.82, 2.24) is 10.2 Å². The van der Waals surface area contributed by atoms with E-state index in [4.69, 9.17) is 5.11 Å². The lowest BCUT2D eigenvalue weighted by atomic mass is 9.95. The maximum atomic E-state index is 11.6. The average molecular weight is 244 g/mol. The summed E-state index contributed by atoms with van der Waals surface area (Å²) in [5.74, 6) is -2.41. The molecule has 1 rings (SSSR count). The Morgan fingerprint density at radius 1 is 1.53 bits per heavy atom. The first-order valence-electron chi connectivity index (χ1n) is 5.12. The number of piperazine rings is 1. The lowest BCUT2D eigenvalue weighted by Gasteiger charge is -2.42. The van der Waals surface area contributed by atoms with Gasteiger partial charge in [0.25, 0.3) is 0 Å². The number of β-amino-alcohol motifs (C(OH)–C–C–N with tert-alkyl or cyclic N) is 1. The Morgan fingerprint density at radius 3 is 2.53 bits per heavy atom. The molecular weight excluding hydrogens is 228 g/mol. The summed E-state index contributed by atoms with van der Waals surface area (Å²) in [6, 6.07) is 0. The number of amides is 2. The first-order valence-corrected chi connectivity index (χ1v) is 5.12. The highest BCUT2D eigenvalue weighted by molar-refractivity contribution is 6.03. The lowest BCUT2D eigenvalue weighted by Crippen LogP contribution is -2.66. The summed E-state index contributed by atoms with van der Waals surface area (Å²) in [7, 11) is 0. The van der Waals surface area contributed by atoms with Crippen LogP contribution in [0.1, 0.15) is 20.8 Å². The van der Waals surface area contributed by atoms with Crippen molar-refractivity contribution in [3.8, 4) is 0 Å². The van der Waals surface area contributed by atoms with Crippen molar-refractivity contribution in [3.63, 3.8) is 0 Å². The summed E-state index contributed by atoms with van der Waals surface area (Å²) in [4.78, 5) is 35.0. The molecule has 2 amide bonds. The molecule has 96 valence electrons. The van der Waals surface area contributed by atoms with Crippen LogP contribution >= 0.6 is 0 Å². The van der Waals surface area contributed by atoms with E-state index in [0.29, 0.717) is 0 Å². The SMILES string of the molecule is CC(O)(CN1CC(=O)NC(=O)C1(C)C)C(=O)O. The number of carboxylic acids is 1. The molecule has 1 heterocycles. The molecule has 1 atom stereocenters. The number of hydrogen-bond acceptors (Lipinski definition) is 5. The van der Waals surface area contributed by atoms with Gasteiger partial charge in [0.2, 0.25) is 11.8 Å². The molecule has 0 saturated carbocycles. The monoisotopic (exact) mass is 244 g/mol. The molecule has 3 N–H and O–H groups in total. The second-order valence-corrected chi connectivity index (χ2v) is 4.87. The molecule has 0 aromatic rings. The molecule has 0 radical (unpaired) electrons. The Morgan fingerprint density at radius 2 is 2.06 bits per heavy atom. The van der Waals surface area contributed by atoms with Gasteiger partial charge >= 0.3 is 5.97 Å². The summed E-state index contributed by atoms with van der Waals surface area (Å²) in [5, 5.41) is 20.6. The summed E-state index contributed by atoms with van der Waals surface area (Å²) >= 11 is 0. The number of nitrogens with zero attached hydrogens (tertiary/aromatic N) is 1. The van der Waals surface area contributed by atoms with Gasteiger partial charge in [-0.2, -0.15) is 0 Å². The fourth-order valence-corrected chi connectivity index (χ4v) is 1.53. The van der Waals surface area contributed by atoms with Crippen molar-refractivity contribution < 1.29 is 24.6 Å². The maximum Gasteiger partial charge on any atom is 0.336 e. The zero-order valence-electron chi connectivity index (χ0n) is 9.98.